The Balaban J connectivity index is 2.67. The molecule has 0 saturated carbocycles. The van der Waals surface area contributed by atoms with Gasteiger partial charge in [-0.05, 0) is 19.8 Å². The minimum absolute atomic E-state index is 0.0168. The SMILES string of the molecule is CC1CCCCN1S(=O)(=O)NCC(C)(C)C(=N)N. The van der Waals surface area contributed by atoms with E-state index in [-0.39, 0.29) is 18.4 Å². The average Bonchev–Trinajstić information content (AvgIpc) is 2.27. The molecule has 1 saturated heterocycles. The van der Waals surface area contributed by atoms with Gasteiger partial charge in [0.05, 0.1) is 5.84 Å². The fourth-order valence-corrected chi connectivity index (χ4v) is 3.54. The average molecular weight is 276 g/mol. The Morgan fingerprint density at radius 3 is 2.61 bits per heavy atom. The molecule has 1 aliphatic heterocycles. The first-order valence-corrected chi connectivity index (χ1v) is 7.72. The number of hydrogen-bond acceptors (Lipinski definition) is 3. The molecule has 7 heteroatoms. The quantitative estimate of drug-likeness (QED) is 0.508. The van der Waals surface area contributed by atoms with E-state index >= 15 is 0 Å². The molecule has 0 amide bonds. The van der Waals surface area contributed by atoms with E-state index in [1.807, 2.05) is 6.92 Å². The van der Waals surface area contributed by atoms with Crippen LogP contribution in [-0.2, 0) is 10.2 Å². The van der Waals surface area contributed by atoms with Crippen LogP contribution in [0.2, 0.25) is 0 Å². The third-order valence-corrected chi connectivity index (χ3v) is 5.15. The van der Waals surface area contributed by atoms with Crippen molar-refractivity contribution >= 4 is 16.0 Å². The van der Waals surface area contributed by atoms with Crippen molar-refractivity contribution < 1.29 is 8.42 Å². The second-order valence-corrected chi connectivity index (χ2v) is 7.29. The number of rotatable bonds is 5. The molecular formula is C11H24N4O2S. The third kappa shape index (κ3) is 3.66. The monoisotopic (exact) mass is 276 g/mol. The van der Waals surface area contributed by atoms with E-state index in [0.29, 0.717) is 6.54 Å². The highest BCUT2D eigenvalue weighted by Crippen LogP contribution is 2.20. The third-order valence-electron chi connectivity index (χ3n) is 3.48. The Bertz CT molecular complexity index is 405. The van der Waals surface area contributed by atoms with E-state index in [0.717, 1.165) is 19.3 Å². The summed E-state index contributed by atoms with van der Waals surface area (Å²) in [5.74, 6) is -0.0168. The summed E-state index contributed by atoms with van der Waals surface area (Å²) in [4.78, 5) is 0. The zero-order chi connectivity index (χ0) is 14.0. The zero-order valence-corrected chi connectivity index (χ0v) is 12.2. The number of nitrogens with one attached hydrogen (secondary N) is 2. The van der Waals surface area contributed by atoms with Crippen LogP contribution in [0.4, 0.5) is 0 Å². The summed E-state index contributed by atoms with van der Waals surface area (Å²) < 4.78 is 28.4. The van der Waals surface area contributed by atoms with Crippen LogP contribution in [0.1, 0.15) is 40.0 Å². The molecular weight excluding hydrogens is 252 g/mol. The van der Waals surface area contributed by atoms with Gasteiger partial charge in [0.25, 0.3) is 10.2 Å². The first kappa shape index (κ1) is 15.4. The molecule has 106 valence electrons. The number of amidine groups is 1. The van der Waals surface area contributed by atoms with Crippen LogP contribution < -0.4 is 10.5 Å². The van der Waals surface area contributed by atoms with Crippen molar-refractivity contribution in [3.8, 4) is 0 Å². The first-order chi connectivity index (χ1) is 8.17. The minimum atomic E-state index is -3.47. The normalized spacial score (nSPS) is 22.9. The van der Waals surface area contributed by atoms with Gasteiger partial charge in [-0.3, -0.25) is 5.41 Å². The number of hydrogen-bond donors (Lipinski definition) is 3. The van der Waals surface area contributed by atoms with E-state index in [2.05, 4.69) is 4.72 Å². The first-order valence-electron chi connectivity index (χ1n) is 6.28. The van der Waals surface area contributed by atoms with Crippen LogP contribution in [0, 0.1) is 10.8 Å². The predicted octanol–water partition coefficient (Wildman–Crippen LogP) is 0.657. The molecule has 0 radical (unpaired) electrons. The maximum absolute atomic E-state index is 12.2. The summed E-state index contributed by atoms with van der Waals surface area (Å²) in [6.45, 7) is 6.13. The molecule has 1 atom stereocenters. The van der Waals surface area contributed by atoms with Crippen molar-refractivity contribution in [3.63, 3.8) is 0 Å². The van der Waals surface area contributed by atoms with Crippen molar-refractivity contribution in [2.75, 3.05) is 13.1 Å². The number of nitrogens with two attached hydrogens (primary N) is 1. The molecule has 4 N–H and O–H groups in total. The van der Waals surface area contributed by atoms with Crippen LogP contribution >= 0.6 is 0 Å². The molecule has 0 aliphatic carbocycles. The van der Waals surface area contributed by atoms with Crippen LogP contribution in [0.5, 0.6) is 0 Å². The topological polar surface area (TPSA) is 99.3 Å². The molecule has 0 aromatic carbocycles. The number of nitrogens with zero attached hydrogens (tertiary/aromatic N) is 1. The molecule has 1 rings (SSSR count). The Hall–Kier alpha value is -0.660. The zero-order valence-electron chi connectivity index (χ0n) is 11.4. The Morgan fingerprint density at radius 2 is 2.11 bits per heavy atom. The van der Waals surface area contributed by atoms with Gasteiger partial charge in [0, 0.05) is 24.5 Å². The van der Waals surface area contributed by atoms with Crippen molar-refractivity contribution in [3.05, 3.63) is 0 Å². The molecule has 1 heterocycles. The van der Waals surface area contributed by atoms with Gasteiger partial charge in [0.2, 0.25) is 0 Å². The van der Waals surface area contributed by atoms with Crippen LogP contribution in [-0.4, -0.2) is 37.7 Å². The number of piperidine rings is 1. The lowest BCUT2D eigenvalue weighted by Gasteiger charge is -2.33. The van der Waals surface area contributed by atoms with Gasteiger partial charge < -0.3 is 5.73 Å². The molecule has 18 heavy (non-hydrogen) atoms. The van der Waals surface area contributed by atoms with E-state index in [4.69, 9.17) is 11.1 Å². The summed E-state index contributed by atoms with van der Waals surface area (Å²) in [6.07, 6.45) is 2.88. The van der Waals surface area contributed by atoms with Gasteiger partial charge >= 0.3 is 0 Å². The maximum atomic E-state index is 12.2. The Kier molecular flexibility index (Phi) is 4.74. The van der Waals surface area contributed by atoms with E-state index < -0.39 is 15.6 Å². The van der Waals surface area contributed by atoms with Gasteiger partial charge in [-0.25, -0.2) is 4.72 Å². The standard InChI is InChI=1S/C11H24N4O2S/c1-9-6-4-5-7-15(9)18(16,17)14-8-11(2,3)10(12)13/h9,14H,4-8H2,1-3H3,(H3,12,13). The van der Waals surface area contributed by atoms with Gasteiger partial charge in [0.15, 0.2) is 0 Å². The van der Waals surface area contributed by atoms with E-state index in [1.165, 1.54) is 4.31 Å². The molecule has 0 aromatic heterocycles. The minimum Gasteiger partial charge on any atom is -0.387 e. The summed E-state index contributed by atoms with van der Waals surface area (Å²) >= 11 is 0. The molecule has 1 aliphatic rings. The van der Waals surface area contributed by atoms with Crippen LogP contribution in [0.15, 0.2) is 0 Å². The fraction of sp³-hybridized carbons (Fsp3) is 0.909. The van der Waals surface area contributed by atoms with Gasteiger partial charge in [-0.2, -0.15) is 12.7 Å². The second-order valence-electron chi connectivity index (χ2n) is 5.58. The van der Waals surface area contributed by atoms with Crippen LogP contribution in [0.25, 0.3) is 0 Å². The van der Waals surface area contributed by atoms with Gasteiger partial charge in [-0.1, -0.05) is 20.3 Å². The van der Waals surface area contributed by atoms with Crippen LogP contribution in [0.3, 0.4) is 0 Å². The fourth-order valence-electron chi connectivity index (χ4n) is 1.88. The highest BCUT2D eigenvalue weighted by molar-refractivity contribution is 7.87. The summed E-state index contributed by atoms with van der Waals surface area (Å²) in [6, 6.07) is 0.0386. The molecule has 0 spiro atoms. The highest BCUT2D eigenvalue weighted by Gasteiger charge is 2.31. The Labute approximate surface area is 110 Å². The second kappa shape index (κ2) is 5.54. The molecule has 1 fully saturated rings. The molecule has 6 nitrogen and oxygen atoms in total. The van der Waals surface area contributed by atoms with E-state index in [9.17, 15) is 8.42 Å². The largest absolute Gasteiger partial charge is 0.387 e. The highest BCUT2D eigenvalue weighted by atomic mass is 32.2. The van der Waals surface area contributed by atoms with Crippen molar-refractivity contribution in [1.29, 1.82) is 5.41 Å². The molecule has 0 aromatic rings. The van der Waals surface area contributed by atoms with Crippen molar-refractivity contribution in [2.45, 2.75) is 46.1 Å². The lowest BCUT2D eigenvalue weighted by atomic mass is 9.93. The van der Waals surface area contributed by atoms with Crippen molar-refractivity contribution in [1.82, 2.24) is 9.03 Å². The summed E-state index contributed by atoms with van der Waals surface area (Å²) in [5, 5.41) is 7.42. The van der Waals surface area contributed by atoms with Gasteiger partial charge in [0.1, 0.15) is 0 Å². The van der Waals surface area contributed by atoms with Crippen molar-refractivity contribution in [2.24, 2.45) is 11.1 Å². The lowest BCUT2D eigenvalue weighted by molar-refractivity contribution is 0.264. The van der Waals surface area contributed by atoms with E-state index in [1.54, 1.807) is 13.8 Å². The molecule has 1 unspecified atom stereocenters. The molecule has 0 bridgehead atoms. The summed E-state index contributed by atoms with van der Waals surface area (Å²) in [7, 11) is -3.47. The maximum Gasteiger partial charge on any atom is 0.279 e. The van der Waals surface area contributed by atoms with Gasteiger partial charge in [-0.15, -0.1) is 0 Å². The smallest absolute Gasteiger partial charge is 0.279 e. The predicted molar refractivity (Wildman–Crippen MR) is 72.6 cm³/mol. The Morgan fingerprint density at radius 1 is 1.50 bits per heavy atom. The lowest BCUT2D eigenvalue weighted by Crippen LogP contribution is -2.51. The summed E-state index contributed by atoms with van der Waals surface area (Å²) in [5.41, 5.74) is 4.78.